The van der Waals surface area contributed by atoms with Gasteiger partial charge in [0.15, 0.2) is 17.5 Å². The fourth-order valence-electron chi connectivity index (χ4n) is 3.12. The van der Waals surface area contributed by atoms with E-state index in [2.05, 4.69) is 36.1 Å². The Morgan fingerprint density at radius 2 is 2.11 bits per heavy atom. The van der Waals surface area contributed by atoms with Crippen LogP contribution in [0.1, 0.15) is 12.5 Å². The maximum Gasteiger partial charge on any atom is 0.194 e. The monoisotopic (exact) mass is 493 g/mol. The maximum atomic E-state index is 13.9. The molecule has 0 spiro atoms. The molecule has 0 amide bonds. The Kier molecular flexibility index (Phi) is 10.3. The first-order valence-corrected chi connectivity index (χ1v) is 9.15. The molecule has 1 atom stereocenters. The Morgan fingerprint density at radius 1 is 1.37 bits per heavy atom. The largest absolute Gasteiger partial charge is 0.494 e. The van der Waals surface area contributed by atoms with Crippen LogP contribution in [0.25, 0.3) is 0 Å². The highest BCUT2D eigenvalue weighted by Gasteiger charge is 2.22. The van der Waals surface area contributed by atoms with E-state index in [1.807, 2.05) is 18.0 Å². The highest BCUT2D eigenvalue weighted by Crippen LogP contribution is 2.18. The van der Waals surface area contributed by atoms with Crippen molar-refractivity contribution >= 4 is 29.9 Å². The highest BCUT2D eigenvalue weighted by molar-refractivity contribution is 14.0. The van der Waals surface area contributed by atoms with Gasteiger partial charge in [-0.15, -0.1) is 24.0 Å². The van der Waals surface area contributed by atoms with Gasteiger partial charge in [0.1, 0.15) is 0 Å². The number of nitrogens with zero attached hydrogens (tertiary/aromatic N) is 4. The van der Waals surface area contributed by atoms with Gasteiger partial charge in [-0.05, 0) is 38.7 Å². The second kappa shape index (κ2) is 11.7. The van der Waals surface area contributed by atoms with Crippen molar-refractivity contribution in [1.29, 1.82) is 0 Å². The summed E-state index contributed by atoms with van der Waals surface area (Å²) in [6, 6.07) is 5.47. The first-order valence-electron chi connectivity index (χ1n) is 9.15. The van der Waals surface area contributed by atoms with Gasteiger partial charge in [0.05, 0.1) is 13.7 Å². The van der Waals surface area contributed by atoms with Gasteiger partial charge < -0.3 is 19.9 Å². The molecular weight excluding hydrogens is 460 g/mol. The van der Waals surface area contributed by atoms with Gasteiger partial charge in [0.25, 0.3) is 0 Å². The predicted octanol–water partition coefficient (Wildman–Crippen LogP) is 2.10. The van der Waals surface area contributed by atoms with Crippen molar-refractivity contribution in [1.82, 2.24) is 20.0 Å². The molecule has 2 rings (SSSR count). The average Bonchev–Trinajstić information content (AvgIpc) is 2.61. The second-order valence-corrected chi connectivity index (χ2v) is 6.92. The summed E-state index contributed by atoms with van der Waals surface area (Å²) in [5, 5.41) is 3.33. The molecule has 0 bridgehead atoms. The molecule has 1 unspecified atom stereocenters. The highest BCUT2D eigenvalue weighted by atomic mass is 127. The molecule has 1 saturated heterocycles. The van der Waals surface area contributed by atoms with E-state index in [-0.39, 0.29) is 35.5 Å². The standard InChI is InChI=1S/C19H32FN5O.HI/c1-6-21-19(22-12-16-14-23(2)9-10-24(16)3)25(4)13-15-7-8-18(26-5)17(20)11-15;/h7-8,11,16H,6,9-10,12-14H2,1-5H3,(H,21,22);1H. The maximum absolute atomic E-state index is 13.9. The van der Waals surface area contributed by atoms with Crippen molar-refractivity contribution in [3.8, 4) is 5.75 Å². The Balaban J connectivity index is 0.00000364. The van der Waals surface area contributed by atoms with Gasteiger partial charge in [0, 0.05) is 45.8 Å². The van der Waals surface area contributed by atoms with E-state index in [1.54, 1.807) is 6.07 Å². The fraction of sp³-hybridized carbons (Fsp3) is 0.632. The zero-order chi connectivity index (χ0) is 19.1. The summed E-state index contributed by atoms with van der Waals surface area (Å²) in [5.74, 6) is 0.763. The Hall–Kier alpha value is -1.13. The fourth-order valence-corrected chi connectivity index (χ4v) is 3.12. The van der Waals surface area contributed by atoms with Gasteiger partial charge in [-0.2, -0.15) is 0 Å². The third kappa shape index (κ3) is 7.08. The first kappa shape index (κ1) is 23.9. The Bertz CT molecular complexity index is 616. The molecule has 1 aliphatic rings. The summed E-state index contributed by atoms with van der Waals surface area (Å²) in [6.45, 7) is 7.34. The molecule has 1 heterocycles. The number of hydrogen-bond donors (Lipinski definition) is 1. The van der Waals surface area contributed by atoms with Gasteiger partial charge >= 0.3 is 0 Å². The number of halogens is 2. The minimum Gasteiger partial charge on any atom is -0.494 e. The number of nitrogens with one attached hydrogen (secondary N) is 1. The second-order valence-electron chi connectivity index (χ2n) is 6.92. The molecule has 1 N–H and O–H groups in total. The molecule has 1 fully saturated rings. The third-order valence-corrected chi connectivity index (χ3v) is 4.76. The quantitative estimate of drug-likeness (QED) is 0.374. The Labute approximate surface area is 179 Å². The molecule has 1 aliphatic heterocycles. The minimum atomic E-state index is -0.341. The molecule has 154 valence electrons. The van der Waals surface area contributed by atoms with Gasteiger partial charge in [-0.25, -0.2) is 4.39 Å². The van der Waals surface area contributed by atoms with Gasteiger partial charge in [0.2, 0.25) is 0 Å². The molecule has 0 aromatic heterocycles. The van der Waals surface area contributed by atoms with Crippen LogP contribution >= 0.6 is 24.0 Å². The van der Waals surface area contributed by atoms with Crippen LogP contribution in [-0.2, 0) is 6.54 Å². The van der Waals surface area contributed by atoms with E-state index in [1.165, 1.54) is 13.2 Å². The van der Waals surface area contributed by atoms with Crippen LogP contribution in [0.5, 0.6) is 5.75 Å². The summed E-state index contributed by atoms with van der Waals surface area (Å²) in [7, 11) is 7.75. The number of rotatable bonds is 6. The summed E-state index contributed by atoms with van der Waals surface area (Å²) in [5.41, 5.74) is 0.880. The van der Waals surface area contributed by atoms with Crippen LogP contribution < -0.4 is 10.1 Å². The molecule has 0 aliphatic carbocycles. The van der Waals surface area contributed by atoms with Crippen LogP contribution in [0.3, 0.4) is 0 Å². The minimum absolute atomic E-state index is 0. The average molecular weight is 493 g/mol. The van der Waals surface area contributed by atoms with E-state index >= 15 is 0 Å². The molecule has 1 aromatic rings. The van der Waals surface area contributed by atoms with E-state index in [0.29, 0.717) is 12.6 Å². The van der Waals surface area contributed by atoms with Crippen LogP contribution in [0.4, 0.5) is 4.39 Å². The number of benzene rings is 1. The van der Waals surface area contributed by atoms with Crippen LogP contribution in [0.2, 0.25) is 0 Å². The van der Waals surface area contributed by atoms with Crippen molar-refractivity contribution in [2.75, 3.05) is 61.0 Å². The van der Waals surface area contributed by atoms with Gasteiger partial charge in [-0.1, -0.05) is 6.07 Å². The van der Waals surface area contributed by atoms with E-state index < -0.39 is 0 Å². The zero-order valence-electron chi connectivity index (χ0n) is 17.0. The van der Waals surface area contributed by atoms with Crippen LogP contribution in [-0.4, -0.2) is 87.7 Å². The Morgan fingerprint density at radius 3 is 2.74 bits per heavy atom. The number of aliphatic imine (C=N–C) groups is 1. The smallest absolute Gasteiger partial charge is 0.194 e. The lowest BCUT2D eigenvalue weighted by molar-refractivity contribution is 0.119. The lowest BCUT2D eigenvalue weighted by atomic mass is 10.2. The summed E-state index contributed by atoms with van der Waals surface area (Å²) in [4.78, 5) is 11.6. The van der Waals surface area contributed by atoms with Crippen molar-refractivity contribution in [3.05, 3.63) is 29.6 Å². The molecule has 6 nitrogen and oxygen atoms in total. The summed E-state index contributed by atoms with van der Waals surface area (Å²) in [6.07, 6.45) is 0. The first-order chi connectivity index (χ1) is 12.4. The number of likely N-dealkylation sites (N-methyl/N-ethyl adjacent to an activating group) is 2. The van der Waals surface area contributed by atoms with Gasteiger partial charge in [-0.3, -0.25) is 9.89 Å². The molecule has 0 saturated carbocycles. The number of piperazine rings is 1. The normalized spacial score (nSPS) is 18.7. The molecular formula is C19H33FIN5O. The third-order valence-electron chi connectivity index (χ3n) is 4.76. The lowest BCUT2D eigenvalue weighted by Crippen LogP contribution is -2.51. The molecule has 27 heavy (non-hydrogen) atoms. The lowest BCUT2D eigenvalue weighted by Gasteiger charge is -2.37. The summed E-state index contributed by atoms with van der Waals surface area (Å²) >= 11 is 0. The number of ether oxygens (including phenoxy) is 1. The van der Waals surface area contributed by atoms with Crippen molar-refractivity contribution in [3.63, 3.8) is 0 Å². The number of hydrogen-bond acceptors (Lipinski definition) is 4. The molecule has 1 aromatic carbocycles. The summed E-state index contributed by atoms with van der Waals surface area (Å²) < 4.78 is 18.9. The van der Waals surface area contributed by atoms with Crippen molar-refractivity contribution in [2.45, 2.75) is 19.5 Å². The van der Waals surface area contributed by atoms with Crippen molar-refractivity contribution < 1.29 is 9.13 Å². The van der Waals surface area contributed by atoms with E-state index in [9.17, 15) is 4.39 Å². The number of guanidine groups is 1. The molecule has 8 heteroatoms. The SMILES string of the molecule is CCNC(=NCC1CN(C)CCN1C)N(C)Cc1ccc(OC)c(F)c1.I. The molecule has 0 radical (unpaired) electrons. The van der Waals surface area contributed by atoms with E-state index in [0.717, 1.165) is 44.2 Å². The van der Waals surface area contributed by atoms with Crippen molar-refractivity contribution in [2.24, 2.45) is 4.99 Å². The predicted molar refractivity (Wildman–Crippen MR) is 120 cm³/mol. The zero-order valence-corrected chi connectivity index (χ0v) is 19.4. The number of methoxy groups -OCH3 is 1. The van der Waals surface area contributed by atoms with E-state index in [4.69, 9.17) is 9.73 Å². The van der Waals surface area contributed by atoms with Crippen LogP contribution in [0.15, 0.2) is 23.2 Å². The topological polar surface area (TPSA) is 43.3 Å². The van der Waals surface area contributed by atoms with Crippen LogP contribution in [0, 0.1) is 5.82 Å².